The quantitative estimate of drug-likeness (QED) is 0.147. The van der Waals surface area contributed by atoms with Crippen LogP contribution in [0.5, 0.6) is 5.75 Å². The van der Waals surface area contributed by atoms with Crippen LogP contribution in [-0.2, 0) is 20.2 Å². The Kier molecular flexibility index (Phi) is 5.72. The van der Waals surface area contributed by atoms with Gasteiger partial charge < -0.3 is 16.2 Å². The third-order valence-corrected chi connectivity index (χ3v) is 8.17. The number of phenols is 1. The topological polar surface area (TPSA) is 201 Å². The molecule has 0 radical (unpaired) electrons. The Balaban J connectivity index is 2.10. The van der Waals surface area contributed by atoms with Gasteiger partial charge in [0.25, 0.3) is 20.2 Å². The van der Waals surface area contributed by atoms with E-state index < -0.39 is 58.5 Å². The van der Waals surface area contributed by atoms with Gasteiger partial charge in [-0.1, -0.05) is 24.3 Å². The lowest BCUT2D eigenvalue weighted by Crippen LogP contribution is -2.23. The van der Waals surface area contributed by atoms with Gasteiger partial charge in [0.05, 0.1) is 16.8 Å². The van der Waals surface area contributed by atoms with Crippen LogP contribution in [0.1, 0.15) is 48.5 Å². The zero-order chi connectivity index (χ0) is 26.9. The highest BCUT2D eigenvalue weighted by Gasteiger charge is 2.38. The lowest BCUT2D eigenvalue weighted by atomic mass is 9.82. The number of hydrogen-bond acceptors (Lipinski definition) is 9. The third-order valence-electron chi connectivity index (χ3n) is 6.17. The Morgan fingerprint density at radius 3 is 1.83 bits per heavy atom. The summed E-state index contributed by atoms with van der Waals surface area (Å²) >= 11 is 0. The van der Waals surface area contributed by atoms with Crippen LogP contribution in [0.25, 0.3) is 0 Å². The molecule has 36 heavy (non-hydrogen) atoms. The maximum atomic E-state index is 13.4. The van der Waals surface area contributed by atoms with Crippen LogP contribution in [0.15, 0.2) is 40.1 Å². The summed E-state index contributed by atoms with van der Waals surface area (Å²) in [6, 6.07) is 6.47. The fourth-order valence-corrected chi connectivity index (χ4v) is 6.07. The van der Waals surface area contributed by atoms with Gasteiger partial charge in [0.15, 0.2) is 11.6 Å². The number of rotatable bonds is 4. The van der Waals surface area contributed by atoms with Crippen molar-refractivity contribution in [3.8, 4) is 5.75 Å². The molecular weight excluding hydrogens is 512 g/mol. The van der Waals surface area contributed by atoms with Crippen molar-refractivity contribution < 1.29 is 40.6 Å². The summed E-state index contributed by atoms with van der Waals surface area (Å²) in [7, 11) is -9.83. The zero-order valence-corrected chi connectivity index (χ0v) is 20.7. The molecule has 0 aromatic heterocycles. The average Bonchev–Trinajstić information content (AvgIpc) is 2.77. The Labute approximate surface area is 206 Å². The second-order valence-electron chi connectivity index (χ2n) is 8.29. The summed E-state index contributed by atoms with van der Waals surface area (Å²) in [5.74, 6) is -2.70. The van der Waals surface area contributed by atoms with Crippen molar-refractivity contribution in [1.82, 2.24) is 0 Å². The standard InChI is InChI=1S/C23H20N2O9S2/c1-9-18(24)10(2)23(36(32,33)34)11(3)19(9)25-14-8-15(35(29,30)31)22(28)17-16(14)20(26)12-6-4-5-7-13(12)21(17)27/h4-8,25,28H,24H2,1-3H3,(H,29,30,31)(H,32,33,34). The van der Waals surface area contributed by atoms with Gasteiger partial charge >= 0.3 is 0 Å². The maximum absolute atomic E-state index is 13.4. The highest BCUT2D eigenvalue weighted by molar-refractivity contribution is 7.86. The van der Waals surface area contributed by atoms with Gasteiger partial charge in [-0.15, -0.1) is 0 Å². The maximum Gasteiger partial charge on any atom is 0.298 e. The van der Waals surface area contributed by atoms with Gasteiger partial charge in [0, 0.05) is 22.5 Å². The molecule has 1 aliphatic rings. The number of hydrogen-bond donors (Lipinski definition) is 5. The molecule has 1 aliphatic carbocycles. The molecule has 0 unspecified atom stereocenters. The van der Waals surface area contributed by atoms with Crippen molar-refractivity contribution in [3.05, 3.63) is 69.3 Å². The first-order valence-electron chi connectivity index (χ1n) is 10.3. The molecule has 0 saturated heterocycles. The fraction of sp³-hybridized carbons (Fsp3) is 0.130. The Hall–Kier alpha value is -3.78. The Morgan fingerprint density at radius 1 is 0.806 bits per heavy atom. The molecule has 3 aromatic rings. The second kappa shape index (κ2) is 8.13. The molecule has 6 N–H and O–H groups in total. The predicted molar refractivity (Wildman–Crippen MR) is 129 cm³/mol. The molecule has 0 aliphatic heterocycles. The van der Waals surface area contributed by atoms with Crippen LogP contribution < -0.4 is 11.1 Å². The highest BCUT2D eigenvalue weighted by atomic mass is 32.2. The molecule has 4 rings (SSSR count). The van der Waals surface area contributed by atoms with E-state index in [9.17, 15) is 40.6 Å². The van der Waals surface area contributed by atoms with Gasteiger partial charge in [-0.2, -0.15) is 16.8 Å². The minimum atomic E-state index is -5.08. The van der Waals surface area contributed by atoms with Crippen LogP contribution >= 0.6 is 0 Å². The zero-order valence-electron chi connectivity index (χ0n) is 19.1. The monoisotopic (exact) mass is 532 g/mol. The third kappa shape index (κ3) is 3.73. The lowest BCUT2D eigenvalue weighted by Gasteiger charge is -2.25. The summed E-state index contributed by atoms with van der Waals surface area (Å²) in [6.07, 6.45) is 0. The minimum Gasteiger partial charge on any atom is -0.506 e. The first-order chi connectivity index (χ1) is 16.6. The first-order valence-corrected chi connectivity index (χ1v) is 13.1. The van der Waals surface area contributed by atoms with Crippen LogP contribution in [0.4, 0.5) is 17.1 Å². The second-order valence-corrected chi connectivity index (χ2v) is 11.0. The number of carbonyl (C=O) groups is 2. The minimum absolute atomic E-state index is 0.000917. The van der Waals surface area contributed by atoms with Gasteiger partial charge in [-0.05, 0) is 43.5 Å². The molecule has 0 amide bonds. The first kappa shape index (κ1) is 25.3. The Bertz CT molecular complexity index is 1740. The van der Waals surface area contributed by atoms with Crippen LogP contribution in [-0.4, -0.2) is 42.6 Å². The van der Waals surface area contributed by atoms with E-state index in [0.717, 1.165) is 6.07 Å². The lowest BCUT2D eigenvalue weighted by molar-refractivity contribution is 0.0977. The summed E-state index contributed by atoms with van der Waals surface area (Å²) < 4.78 is 67.7. The van der Waals surface area contributed by atoms with E-state index in [1.165, 1.54) is 45.0 Å². The van der Waals surface area contributed by atoms with Crippen molar-refractivity contribution in [2.24, 2.45) is 0 Å². The molecule has 188 valence electrons. The normalized spacial score (nSPS) is 13.4. The van der Waals surface area contributed by atoms with Gasteiger partial charge in [-0.25, -0.2) is 0 Å². The number of carbonyl (C=O) groups excluding carboxylic acids is 2. The van der Waals surface area contributed by atoms with Gasteiger partial charge in [-0.3, -0.25) is 18.7 Å². The van der Waals surface area contributed by atoms with Crippen molar-refractivity contribution >= 4 is 48.9 Å². The van der Waals surface area contributed by atoms with E-state index in [1.807, 2.05) is 0 Å². The largest absolute Gasteiger partial charge is 0.506 e. The smallest absolute Gasteiger partial charge is 0.298 e. The molecule has 3 aromatic carbocycles. The average molecular weight is 533 g/mol. The molecule has 0 fully saturated rings. The van der Waals surface area contributed by atoms with E-state index in [4.69, 9.17) is 5.73 Å². The molecule has 13 heteroatoms. The SMILES string of the molecule is Cc1c(N)c(C)c(S(=O)(=O)O)c(C)c1Nc1cc(S(=O)(=O)O)c(O)c2c1C(=O)c1ccccc1C2=O. The number of benzene rings is 3. The van der Waals surface area contributed by atoms with Crippen LogP contribution in [0.2, 0.25) is 0 Å². The number of nitrogens with one attached hydrogen (secondary N) is 1. The Morgan fingerprint density at radius 2 is 1.33 bits per heavy atom. The van der Waals surface area contributed by atoms with E-state index in [0.29, 0.717) is 5.56 Å². The number of ketones is 2. The van der Waals surface area contributed by atoms with Crippen LogP contribution in [0, 0.1) is 20.8 Å². The fourth-order valence-electron chi connectivity index (χ4n) is 4.47. The van der Waals surface area contributed by atoms with E-state index in [1.54, 1.807) is 0 Å². The summed E-state index contributed by atoms with van der Waals surface area (Å²) in [5, 5.41) is 13.4. The van der Waals surface area contributed by atoms with Crippen molar-refractivity contribution in [3.63, 3.8) is 0 Å². The molecule has 11 nitrogen and oxygen atoms in total. The van der Waals surface area contributed by atoms with E-state index >= 15 is 0 Å². The van der Waals surface area contributed by atoms with Gasteiger partial charge in [0.1, 0.15) is 15.5 Å². The highest BCUT2D eigenvalue weighted by Crippen LogP contribution is 2.44. The van der Waals surface area contributed by atoms with E-state index in [-0.39, 0.29) is 39.3 Å². The molecule has 0 atom stereocenters. The number of phenolic OH excluding ortho intramolecular Hbond substituents is 1. The molecule has 0 saturated carbocycles. The summed E-state index contributed by atoms with van der Waals surface area (Å²) in [5.41, 5.74) is 4.96. The number of fused-ring (bicyclic) bond motifs is 2. The molecular formula is C23H20N2O9S2. The number of nitrogen functional groups attached to an aromatic ring is 1. The van der Waals surface area contributed by atoms with Crippen molar-refractivity contribution in [2.45, 2.75) is 30.6 Å². The summed E-state index contributed by atoms with van der Waals surface area (Å²) in [4.78, 5) is 25.1. The van der Waals surface area contributed by atoms with E-state index in [2.05, 4.69) is 5.32 Å². The molecule has 0 bridgehead atoms. The molecule has 0 spiro atoms. The summed E-state index contributed by atoms with van der Waals surface area (Å²) in [6.45, 7) is 4.26. The van der Waals surface area contributed by atoms with Crippen molar-refractivity contribution in [1.29, 1.82) is 0 Å². The number of nitrogens with two attached hydrogens (primary N) is 1. The number of aromatic hydroxyl groups is 1. The number of anilines is 3. The van der Waals surface area contributed by atoms with Gasteiger partial charge in [0.2, 0.25) is 0 Å². The van der Waals surface area contributed by atoms with Crippen molar-refractivity contribution in [2.75, 3.05) is 11.1 Å². The molecule has 0 heterocycles. The predicted octanol–water partition coefficient (Wildman–Crippen LogP) is 2.91. The van der Waals surface area contributed by atoms with Crippen LogP contribution in [0.3, 0.4) is 0 Å².